The van der Waals surface area contributed by atoms with Crippen LogP contribution in [0.5, 0.6) is 11.5 Å². The second-order valence-electron chi connectivity index (χ2n) is 5.63. The average molecular weight is 312 g/mol. The van der Waals surface area contributed by atoms with Crippen molar-refractivity contribution in [1.29, 1.82) is 0 Å². The first-order valence-electron chi connectivity index (χ1n) is 7.58. The molecule has 5 nitrogen and oxygen atoms in total. The van der Waals surface area contributed by atoms with Crippen molar-refractivity contribution >= 4 is 6.03 Å². The minimum Gasteiger partial charge on any atom is -0.454 e. The molecule has 1 unspecified atom stereocenters. The molecule has 23 heavy (non-hydrogen) atoms. The van der Waals surface area contributed by atoms with Crippen LogP contribution in [-0.2, 0) is 6.54 Å². The maximum atomic E-state index is 12.3. The molecule has 0 fully saturated rings. The Labute approximate surface area is 135 Å². The summed E-state index contributed by atoms with van der Waals surface area (Å²) < 4.78 is 10.7. The fourth-order valence-electron chi connectivity index (χ4n) is 2.49. The van der Waals surface area contributed by atoms with E-state index in [1.807, 2.05) is 55.5 Å². The minimum atomic E-state index is -0.116. The van der Waals surface area contributed by atoms with Crippen molar-refractivity contribution in [3.63, 3.8) is 0 Å². The molecule has 1 atom stereocenters. The van der Waals surface area contributed by atoms with E-state index < -0.39 is 0 Å². The zero-order chi connectivity index (χ0) is 16.2. The molecule has 0 bridgehead atoms. The molecule has 1 aliphatic heterocycles. The Hall–Kier alpha value is -2.69. The van der Waals surface area contributed by atoms with E-state index in [4.69, 9.17) is 9.47 Å². The van der Waals surface area contributed by atoms with E-state index in [0.717, 1.165) is 22.6 Å². The summed E-state index contributed by atoms with van der Waals surface area (Å²) in [4.78, 5) is 14.0. The van der Waals surface area contributed by atoms with Crippen molar-refractivity contribution in [2.75, 3.05) is 13.8 Å². The molecule has 2 aromatic rings. The number of ether oxygens (including phenoxy) is 2. The number of carbonyl (C=O) groups is 1. The molecule has 1 aliphatic rings. The first-order valence-corrected chi connectivity index (χ1v) is 7.58. The summed E-state index contributed by atoms with van der Waals surface area (Å²) in [5.41, 5.74) is 2.08. The van der Waals surface area contributed by atoms with Crippen LogP contribution in [0.3, 0.4) is 0 Å². The van der Waals surface area contributed by atoms with Gasteiger partial charge in [0.05, 0.1) is 6.04 Å². The lowest BCUT2D eigenvalue weighted by atomic mass is 10.1. The van der Waals surface area contributed by atoms with Crippen LogP contribution >= 0.6 is 0 Å². The van der Waals surface area contributed by atoms with Crippen molar-refractivity contribution in [2.45, 2.75) is 19.5 Å². The van der Waals surface area contributed by atoms with Crippen molar-refractivity contribution in [3.8, 4) is 11.5 Å². The highest BCUT2D eigenvalue weighted by molar-refractivity contribution is 5.74. The lowest BCUT2D eigenvalue weighted by molar-refractivity contribution is 0.174. The molecular formula is C18H20N2O3. The summed E-state index contributed by atoms with van der Waals surface area (Å²) >= 11 is 0. The molecule has 5 heteroatoms. The van der Waals surface area contributed by atoms with Crippen LogP contribution in [0.4, 0.5) is 4.79 Å². The summed E-state index contributed by atoms with van der Waals surface area (Å²) in [5, 5.41) is 3.00. The topological polar surface area (TPSA) is 50.8 Å². The number of nitrogens with one attached hydrogen (secondary N) is 1. The van der Waals surface area contributed by atoms with Crippen molar-refractivity contribution in [1.82, 2.24) is 10.2 Å². The van der Waals surface area contributed by atoms with Crippen LogP contribution in [0, 0.1) is 0 Å². The predicted octanol–water partition coefficient (Wildman–Crippen LogP) is 3.32. The van der Waals surface area contributed by atoms with Gasteiger partial charge in [0.1, 0.15) is 0 Å². The summed E-state index contributed by atoms with van der Waals surface area (Å²) in [6.07, 6.45) is 0. The summed E-state index contributed by atoms with van der Waals surface area (Å²) in [6.45, 7) is 2.77. The third kappa shape index (κ3) is 3.56. The van der Waals surface area contributed by atoms with Gasteiger partial charge >= 0.3 is 6.03 Å². The highest BCUT2D eigenvalue weighted by atomic mass is 16.7. The van der Waals surface area contributed by atoms with E-state index in [9.17, 15) is 4.79 Å². The monoisotopic (exact) mass is 312 g/mol. The number of carbonyl (C=O) groups excluding carboxylic acids is 1. The molecule has 0 saturated carbocycles. The Morgan fingerprint density at radius 2 is 1.91 bits per heavy atom. The lowest BCUT2D eigenvalue weighted by Gasteiger charge is -2.22. The predicted molar refractivity (Wildman–Crippen MR) is 87.4 cm³/mol. The Morgan fingerprint density at radius 3 is 2.70 bits per heavy atom. The van der Waals surface area contributed by atoms with E-state index in [1.165, 1.54) is 0 Å². The first kappa shape index (κ1) is 15.2. The smallest absolute Gasteiger partial charge is 0.317 e. The van der Waals surface area contributed by atoms with E-state index in [2.05, 4.69) is 5.32 Å². The van der Waals surface area contributed by atoms with Gasteiger partial charge in [-0.15, -0.1) is 0 Å². The van der Waals surface area contributed by atoms with Gasteiger partial charge in [-0.3, -0.25) is 0 Å². The fraction of sp³-hybridized carbons (Fsp3) is 0.278. The van der Waals surface area contributed by atoms with Crippen molar-refractivity contribution < 1.29 is 14.3 Å². The first-order chi connectivity index (χ1) is 11.1. The molecule has 2 aromatic carbocycles. The van der Waals surface area contributed by atoms with Gasteiger partial charge in [-0.25, -0.2) is 4.79 Å². The number of nitrogens with zero attached hydrogens (tertiary/aromatic N) is 1. The van der Waals surface area contributed by atoms with Gasteiger partial charge in [0.15, 0.2) is 11.5 Å². The molecule has 0 aromatic heterocycles. The zero-order valence-corrected chi connectivity index (χ0v) is 13.3. The van der Waals surface area contributed by atoms with Gasteiger partial charge < -0.3 is 19.7 Å². The SMILES string of the molecule is CC(NC(=O)N(C)Cc1ccccc1)c1ccc2c(c1)OCO2. The number of benzene rings is 2. The van der Waals surface area contributed by atoms with E-state index >= 15 is 0 Å². The van der Waals surface area contributed by atoms with Crippen LogP contribution in [0.15, 0.2) is 48.5 Å². The Morgan fingerprint density at radius 1 is 1.17 bits per heavy atom. The number of amides is 2. The van der Waals surface area contributed by atoms with Gasteiger partial charge in [0.2, 0.25) is 6.79 Å². The maximum absolute atomic E-state index is 12.3. The van der Waals surface area contributed by atoms with Gasteiger partial charge in [0, 0.05) is 13.6 Å². The normalized spacial score (nSPS) is 13.5. The highest BCUT2D eigenvalue weighted by Gasteiger charge is 2.18. The number of urea groups is 1. The zero-order valence-electron chi connectivity index (χ0n) is 13.3. The molecule has 120 valence electrons. The fourth-order valence-corrected chi connectivity index (χ4v) is 2.49. The summed E-state index contributed by atoms with van der Waals surface area (Å²) in [6, 6.07) is 15.4. The van der Waals surface area contributed by atoms with Crippen LogP contribution in [0.2, 0.25) is 0 Å². The van der Waals surface area contributed by atoms with Gasteiger partial charge in [-0.2, -0.15) is 0 Å². The van der Waals surface area contributed by atoms with Crippen LogP contribution in [0.1, 0.15) is 24.1 Å². The van der Waals surface area contributed by atoms with E-state index in [1.54, 1.807) is 11.9 Å². The number of hydrogen-bond acceptors (Lipinski definition) is 3. The number of rotatable bonds is 4. The molecule has 3 rings (SSSR count). The van der Waals surface area contributed by atoms with E-state index in [-0.39, 0.29) is 18.9 Å². The highest BCUT2D eigenvalue weighted by Crippen LogP contribution is 2.34. The van der Waals surface area contributed by atoms with Gasteiger partial charge in [0.25, 0.3) is 0 Å². The Balaban J connectivity index is 1.60. The van der Waals surface area contributed by atoms with Gasteiger partial charge in [-0.1, -0.05) is 36.4 Å². The number of fused-ring (bicyclic) bond motifs is 1. The molecule has 0 aliphatic carbocycles. The van der Waals surface area contributed by atoms with Crippen LogP contribution < -0.4 is 14.8 Å². The van der Waals surface area contributed by atoms with Gasteiger partial charge in [-0.05, 0) is 30.2 Å². The molecule has 1 N–H and O–H groups in total. The molecule has 0 saturated heterocycles. The summed E-state index contributed by atoms with van der Waals surface area (Å²) in [7, 11) is 1.79. The Bertz CT molecular complexity index is 688. The largest absolute Gasteiger partial charge is 0.454 e. The van der Waals surface area contributed by atoms with Crippen molar-refractivity contribution in [2.24, 2.45) is 0 Å². The quantitative estimate of drug-likeness (QED) is 0.942. The standard InChI is InChI=1S/C18H20N2O3/c1-13(15-8-9-16-17(10-15)23-12-22-16)19-18(21)20(2)11-14-6-4-3-5-7-14/h3-10,13H,11-12H2,1-2H3,(H,19,21). The van der Waals surface area contributed by atoms with Crippen LogP contribution in [0.25, 0.3) is 0 Å². The number of hydrogen-bond donors (Lipinski definition) is 1. The molecule has 2 amide bonds. The third-order valence-corrected chi connectivity index (χ3v) is 3.85. The second kappa shape index (κ2) is 6.60. The maximum Gasteiger partial charge on any atom is 0.317 e. The van der Waals surface area contributed by atoms with E-state index in [0.29, 0.717) is 6.54 Å². The molecule has 1 heterocycles. The van der Waals surface area contributed by atoms with Crippen LogP contribution in [-0.4, -0.2) is 24.8 Å². The Kier molecular flexibility index (Phi) is 4.37. The molecular weight excluding hydrogens is 292 g/mol. The minimum absolute atomic E-state index is 0.112. The van der Waals surface area contributed by atoms with Crippen molar-refractivity contribution in [3.05, 3.63) is 59.7 Å². The second-order valence-corrected chi connectivity index (χ2v) is 5.63. The molecule has 0 radical (unpaired) electrons. The summed E-state index contributed by atoms with van der Waals surface area (Å²) in [5.74, 6) is 1.47. The lowest BCUT2D eigenvalue weighted by Crippen LogP contribution is -2.38. The average Bonchev–Trinajstić information content (AvgIpc) is 3.03. The molecule has 0 spiro atoms. The third-order valence-electron chi connectivity index (χ3n) is 3.85.